The van der Waals surface area contributed by atoms with Crippen LogP contribution in [0, 0.1) is 11.3 Å². The predicted octanol–water partition coefficient (Wildman–Crippen LogP) is 3.41. The summed E-state index contributed by atoms with van der Waals surface area (Å²) < 4.78 is 51.7. The first-order valence-electron chi connectivity index (χ1n) is 9.17. The molecule has 146 valence electrons. The molecule has 26 heavy (non-hydrogen) atoms. The quantitative estimate of drug-likeness (QED) is 0.433. The molecule has 0 saturated heterocycles. The van der Waals surface area contributed by atoms with Crippen LogP contribution < -0.4 is 4.13 Å². The number of hydrogen-bond donors (Lipinski definition) is 2. The van der Waals surface area contributed by atoms with E-state index in [0.717, 1.165) is 32.1 Å². The average molecular weight is 401 g/mol. The second-order valence-electron chi connectivity index (χ2n) is 6.78. The van der Waals surface area contributed by atoms with Crippen LogP contribution >= 0.6 is 0 Å². The molecule has 0 amide bonds. The summed E-state index contributed by atoms with van der Waals surface area (Å²) in [5.74, 6) is -0.463. The monoisotopic (exact) mass is 400 g/mol. The second-order valence-corrected chi connectivity index (χ2v) is 10.6. The van der Waals surface area contributed by atoms with Crippen LogP contribution in [0.25, 0.3) is 0 Å². The van der Waals surface area contributed by atoms with Gasteiger partial charge in [-0.2, -0.15) is 0 Å². The Kier molecular flexibility index (Phi) is 7.37. The Balaban J connectivity index is 2.05. The largest absolute Gasteiger partial charge is 0.305 e. The molecular weight excluding hydrogens is 372 g/mol. The molecule has 0 heterocycles. The summed E-state index contributed by atoms with van der Waals surface area (Å²) in [7, 11) is -8.10. The Bertz CT molecular complexity index is 821. The third-order valence-electron chi connectivity index (χ3n) is 4.60. The summed E-state index contributed by atoms with van der Waals surface area (Å²) in [6, 6.07) is 0. The van der Waals surface area contributed by atoms with Crippen molar-refractivity contribution in [1.29, 1.82) is 5.41 Å². The first kappa shape index (κ1) is 21.1. The molecule has 8 heteroatoms. The van der Waals surface area contributed by atoms with Gasteiger partial charge in [0.15, 0.2) is 0 Å². The Hall–Kier alpha value is -1.25. The third-order valence-corrected chi connectivity index (χ3v) is 8.35. The Labute approximate surface area is 157 Å². The smallest absolute Gasteiger partial charge is 0.250 e. The lowest BCUT2D eigenvalue weighted by atomic mass is 9.84. The van der Waals surface area contributed by atoms with Gasteiger partial charge in [-0.3, -0.25) is 0 Å². The molecule has 2 aliphatic carbocycles. The highest BCUT2D eigenvalue weighted by Gasteiger charge is 2.32. The normalized spacial score (nSPS) is 20.5. The molecule has 0 fully saturated rings. The van der Waals surface area contributed by atoms with Crippen LogP contribution in [0.2, 0.25) is 0 Å². The van der Waals surface area contributed by atoms with Crippen LogP contribution in [0.1, 0.15) is 58.3 Å². The number of nitrogens with one attached hydrogen (secondary N) is 2. The van der Waals surface area contributed by atoms with Gasteiger partial charge in [0, 0.05) is 30.0 Å². The molecule has 1 unspecified atom stereocenters. The van der Waals surface area contributed by atoms with E-state index in [1.165, 1.54) is 0 Å². The molecule has 2 rings (SSSR count). The highest BCUT2D eigenvalue weighted by molar-refractivity contribution is 8.06. The van der Waals surface area contributed by atoms with E-state index in [4.69, 9.17) is 5.41 Å². The van der Waals surface area contributed by atoms with Crippen molar-refractivity contribution in [2.75, 3.05) is 5.75 Å². The summed E-state index contributed by atoms with van der Waals surface area (Å²) in [6.45, 7) is 2.11. The maximum absolute atomic E-state index is 12.7. The van der Waals surface area contributed by atoms with E-state index >= 15 is 0 Å². The molecule has 2 N–H and O–H groups in total. The molecule has 0 aromatic rings. The van der Waals surface area contributed by atoms with Crippen molar-refractivity contribution < 1.29 is 16.8 Å². The minimum absolute atomic E-state index is 0.00544. The molecule has 0 bridgehead atoms. The van der Waals surface area contributed by atoms with Gasteiger partial charge in [-0.1, -0.05) is 63.3 Å². The standard InChI is InChI=1S/C18H28N2O4S2/c1-2-3-4-5-6-7-14-25(21,22)20-26(23,24)17-13-9-11-15-10-8-12-16(19)18(15)17/h8-11,15,19-20H,2-7,12-14H2,1H3. The van der Waals surface area contributed by atoms with Crippen molar-refractivity contribution >= 4 is 25.8 Å². The van der Waals surface area contributed by atoms with E-state index in [0.29, 0.717) is 18.4 Å². The van der Waals surface area contributed by atoms with Gasteiger partial charge in [-0.15, -0.1) is 4.13 Å². The van der Waals surface area contributed by atoms with Crippen molar-refractivity contribution in [1.82, 2.24) is 4.13 Å². The minimum atomic E-state index is -4.18. The van der Waals surface area contributed by atoms with Crippen molar-refractivity contribution in [3.05, 3.63) is 34.8 Å². The number of unbranched alkanes of at least 4 members (excludes halogenated alkanes) is 5. The molecule has 0 radical (unpaired) electrons. The van der Waals surface area contributed by atoms with Crippen LogP contribution in [-0.2, 0) is 20.0 Å². The van der Waals surface area contributed by atoms with E-state index in [1.807, 2.05) is 22.4 Å². The van der Waals surface area contributed by atoms with Crippen LogP contribution in [0.5, 0.6) is 0 Å². The molecule has 0 aromatic heterocycles. The van der Waals surface area contributed by atoms with Gasteiger partial charge < -0.3 is 5.41 Å². The highest BCUT2D eigenvalue weighted by Crippen LogP contribution is 2.33. The maximum atomic E-state index is 12.7. The second kappa shape index (κ2) is 9.10. The zero-order chi connectivity index (χ0) is 19.2. The highest BCUT2D eigenvalue weighted by atomic mass is 32.3. The third kappa shape index (κ3) is 5.62. The number of allylic oxidation sites excluding steroid dienone is 6. The lowest BCUT2D eigenvalue weighted by Crippen LogP contribution is -2.35. The van der Waals surface area contributed by atoms with Gasteiger partial charge in [0.1, 0.15) is 0 Å². The summed E-state index contributed by atoms with van der Waals surface area (Å²) in [6.07, 6.45) is 13.2. The Morgan fingerprint density at radius 3 is 2.31 bits per heavy atom. The fraction of sp³-hybridized carbons (Fsp3) is 0.611. The number of sulfonamides is 2. The SMILES string of the molecule is CCCCCCCCS(=O)(=O)NS(=O)(=O)C1=C2C(=N)CC=CC2C=CC1. The lowest BCUT2D eigenvalue weighted by molar-refractivity contribution is 0.572. The molecular formula is C18H28N2O4S2. The van der Waals surface area contributed by atoms with Gasteiger partial charge in [0.05, 0.1) is 10.7 Å². The molecule has 0 saturated carbocycles. The maximum Gasteiger partial charge on any atom is 0.250 e. The van der Waals surface area contributed by atoms with Crippen LogP contribution in [0.4, 0.5) is 0 Å². The van der Waals surface area contributed by atoms with Gasteiger partial charge in [-0.25, -0.2) is 16.8 Å². The lowest BCUT2D eigenvalue weighted by Gasteiger charge is -2.25. The van der Waals surface area contributed by atoms with Crippen molar-refractivity contribution in [2.45, 2.75) is 58.3 Å². The van der Waals surface area contributed by atoms with Crippen molar-refractivity contribution in [3.8, 4) is 0 Å². The van der Waals surface area contributed by atoms with Gasteiger partial charge in [0.25, 0.3) is 0 Å². The number of rotatable bonds is 10. The Morgan fingerprint density at radius 2 is 1.62 bits per heavy atom. The summed E-state index contributed by atoms with van der Waals surface area (Å²) >= 11 is 0. The summed E-state index contributed by atoms with van der Waals surface area (Å²) in [4.78, 5) is 0.00544. The van der Waals surface area contributed by atoms with Crippen LogP contribution in [0.15, 0.2) is 34.8 Å². The van der Waals surface area contributed by atoms with E-state index in [-0.39, 0.29) is 28.7 Å². The van der Waals surface area contributed by atoms with E-state index in [9.17, 15) is 16.8 Å². The minimum Gasteiger partial charge on any atom is -0.305 e. The first-order valence-corrected chi connectivity index (χ1v) is 12.3. The predicted molar refractivity (Wildman–Crippen MR) is 105 cm³/mol. The summed E-state index contributed by atoms with van der Waals surface area (Å²) in [5.41, 5.74) is 0.646. The van der Waals surface area contributed by atoms with Crippen LogP contribution in [0.3, 0.4) is 0 Å². The average Bonchev–Trinajstić information content (AvgIpc) is 2.57. The topological polar surface area (TPSA) is 104 Å². The van der Waals surface area contributed by atoms with Gasteiger partial charge in [0.2, 0.25) is 20.0 Å². The molecule has 1 atom stereocenters. The molecule has 0 aliphatic heterocycles. The van der Waals surface area contributed by atoms with E-state index < -0.39 is 20.0 Å². The molecule has 2 aliphatic rings. The number of hydrogen-bond acceptors (Lipinski definition) is 5. The molecule has 0 aromatic carbocycles. The zero-order valence-corrected chi connectivity index (χ0v) is 16.8. The first-order chi connectivity index (χ1) is 12.3. The van der Waals surface area contributed by atoms with Crippen molar-refractivity contribution in [2.24, 2.45) is 5.92 Å². The molecule has 0 spiro atoms. The fourth-order valence-electron chi connectivity index (χ4n) is 3.27. The van der Waals surface area contributed by atoms with Gasteiger partial charge >= 0.3 is 0 Å². The van der Waals surface area contributed by atoms with Crippen molar-refractivity contribution in [3.63, 3.8) is 0 Å². The zero-order valence-electron chi connectivity index (χ0n) is 15.2. The molecule has 6 nitrogen and oxygen atoms in total. The number of fused-ring (bicyclic) bond motifs is 1. The van der Waals surface area contributed by atoms with Crippen LogP contribution in [-0.4, -0.2) is 28.3 Å². The Morgan fingerprint density at radius 1 is 1.00 bits per heavy atom. The van der Waals surface area contributed by atoms with Gasteiger partial charge in [-0.05, 0) is 6.42 Å². The fourth-order valence-corrected chi connectivity index (χ4v) is 6.79. The van der Waals surface area contributed by atoms with E-state index in [1.54, 1.807) is 6.08 Å². The summed E-state index contributed by atoms with van der Waals surface area (Å²) in [5, 5.41) is 8.06. The van der Waals surface area contributed by atoms with E-state index in [2.05, 4.69) is 6.92 Å².